The average Bonchev–Trinajstić information content (AvgIpc) is 2.37. The highest BCUT2D eigenvalue weighted by Gasteiger charge is 2.29. The van der Waals surface area contributed by atoms with Crippen LogP contribution in [0, 0.1) is 11.8 Å². The molecule has 0 amide bonds. The van der Waals surface area contributed by atoms with Crippen LogP contribution in [-0.4, -0.2) is 36.3 Å². The van der Waals surface area contributed by atoms with E-state index < -0.39 is 0 Å². The molecule has 1 heterocycles. The van der Waals surface area contributed by atoms with E-state index in [0.717, 1.165) is 25.4 Å². The third-order valence-electron chi connectivity index (χ3n) is 3.82. The number of hydrogen-bond acceptors (Lipinski definition) is 3. The summed E-state index contributed by atoms with van der Waals surface area (Å²) in [5.41, 5.74) is 1.30. The van der Waals surface area contributed by atoms with Gasteiger partial charge in [0.15, 0.2) is 0 Å². The maximum absolute atomic E-state index is 9.96. The predicted octanol–water partition coefficient (Wildman–Crippen LogP) is 2.14. The zero-order chi connectivity index (χ0) is 13.1. The zero-order valence-electron chi connectivity index (χ0n) is 11.5. The monoisotopic (exact) mass is 249 g/mol. The number of aliphatic hydroxyl groups excluding tert-OH is 1. The quantitative estimate of drug-likeness (QED) is 0.891. The predicted molar refractivity (Wildman–Crippen MR) is 72.6 cm³/mol. The van der Waals surface area contributed by atoms with E-state index in [1.54, 1.807) is 7.11 Å². The molecule has 3 heteroatoms. The first-order valence-electron chi connectivity index (χ1n) is 6.63. The van der Waals surface area contributed by atoms with E-state index in [1.807, 2.05) is 12.1 Å². The third-order valence-corrected chi connectivity index (χ3v) is 3.82. The minimum atomic E-state index is -0.155. The number of aliphatic hydroxyl groups is 1. The number of piperidine rings is 1. The molecule has 1 fully saturated rings. The molecule has 18 heavy (non-hydrogen) atoms. The summed E-state index contributed by atoms with van der Waals surface area (Å²) in [5.74, 6) is 1.61. The maximum atomic E-state index is 9.96. The highest BCUT2D eigenvalue weighted by atomic mass is 16.5. The highest BCUT2D eigenvalue weighted by Crippen LogP contribution is 2.23. The van der Waals surface area contributed by atoms with E-state index in [2.05, 4.69) is 30.9 Å². The molecule has 0 radical (unpaired) electrons. The Balaban J connectivity index is 1.96. The fourth-order valence-electron chi connectivity index (χ4n) is 2.78. The Kier molecular flexibility index (Phi) is 4.25. The van der Waals surface area contributed by atoms with Crippen LogP contribution in [0.1, 0.15) is 19.4 Å². The second kappa shape index (κ2) is 5.72. The van der Waals surface area contributed by atoms with Crippen molar-refractivity contribution in [2.75, 3.05) is 20.2 Å². The summed E-state index contributed by atoms with van der Waals surface area (Å²) < 4.78 is 5.16. The minimum absolute atomic E-state index is 0.155. The van der Waals surface area contributed by atoms with Gasteiger partial charge in [0.1, 0.15) is 5.75 Å². The lowest BCUT2D eigenvalue weighted by Crippen LogP contribution is -2.46. The van der Waals surface area contributed by atoms with E-state index in [1.165, 1.54) is 5.56 Å². The van der Waals surface area contributed by atoms with Gasteiger partial charge in [-0.25, -0.2) is 0 Å². The lowest BCUT2D eigenvalue weighted by Gasteiger charge is -2.38. The Morgan fingerprint density at radius 3 is 2.22 bits per heavy atom. The van der Waals surface area contributed by atoms with Gasteiger partial charge in [0.05, 0.1) is 13.2 Å². The van der Waals surface area contributed by atoms with Crippen LogP contribution >= 0.6 is 0 Å². The van der Waals surface area contributed by atoms with E-state index in [-0.39, 0.29) is 6.10 Å². The smallest absolute Gasteiger partial charge is 0.118 e. The van der Waals surface area contributed by atoms with Crippen molar-refractivity contribution in [1.29, 1.82) is 0 Å². The van der Waals surface area contributed by atoms with E-state index in [4.69, 9.17) is 4.74 Å². The molecule has 1 saturated heterocycles. The summed E-state index contributed by atoms with van der Waals surface area (Å²) in [7, 11) is 1.68. The first kappa shape index (κ1) is 13.4. The number of hydrogen-bond donors (Lipinski definition) is 1. The topological polar surface area (TPSA) is 32.7 Å². The first-order valence-corrected chi connectivity index (χ1v) is 6.63. The van der Waals surface area contributed by atoms with Crippen LogP contribution < -0.4 is 4.74 Å². The van der Waals surface area contributed by atoms with Crippen molar-refractivity contribution in [3.05, 3.63) is 29.8 Å². The Bertz CT molecular complexity index is 365. The van der Waals surface area contributed by atoms with Gasteiger partial charge >= 0.3 is 0 Å². The van der Waals surface area contributed by atoms with Crippen LogP contribution in [-0.2, 0) is 6.54 Å². The van der Waals surface area contributed by atoms with Gasteiger partial charge in [-0.15, -0.1) is 0 Å². The molecule has 0 saturated carbocycles. The van der Waals surface area contributed by atoms with Gasteiger partial charge in [-0.05, 0) is 29.5 Å². The molecule has 0 aliphatic carbocycles. The fraction of sp³-hybridized carbons (Fsp3) is 0.600. The molecule has 2 atom stereocenters. The summed E-state index contributed by atoms with van der Waals surface area (Å²) in [6, 6.07) is 8.22. The largest absolute Gasteiger partial charge is 0.497 e. The van der Waals surface area contributed by atoms with Crippen LogP contribution in [0.5, 0.6) is 5.75 Å². The van der Waals surface area contributed by atoms with Crippen molar-refractivity contribution in [3.63, 3.8) is 0 Å². The molecular formula is C15H23NO2. The summed E-state index contributed by atoms with van der Waals surface area (Å²) in [6.45, 7) is 7.14. The van der Waals surface area contributed by atoms with Crippen molar-refractivity contribution < 1.29 is 9.84 Å². The molecule has 1 aromatic carbocycles. The lowest BCUT2D eigenvalue weighted by atomic mass is 9.88. The molecule has 3 nitrogen and oxygen atoms in total. The second-order valence-electron chi connectivity index (χ2n) is 5.49. The Hall–Kier alpha value is -1.06. The van der Waals surface area contributed by atoms with Gasteiger partial charge in [0.25, 0.3) is 0 Å². The SMILES string of the molecule is COc1ccc(CN2CC(C)C(O)C(C)C2)cc1. The van der Waals surface area contributed by atoms with E-state index in [0.29, 0.717) is 11.8 Å². The molecule has 2 unspecified atom stereocenters. The molecule has 0 bridgehead atoms. The maximum Gasteiger partial charge on any atom is 0.118 e. The van der Waals surface area contributed by atoms with Gasteiger partial charge in [0, 0.05) is 19.6 Å². The Morgan fingerprint density at radius 1 is 1.17 bits per heavy atom. The highest BCUT2D eigenvalue weighted by molar-refractivity contribution is 5.27. The number of methoxy groups -OCH3 is 1. The number of rotatable bonds is 3. The van der Waals surface area contributed by atoms with Gasteiger partial charge in [0.2, 0.25) is 0 Å². The van der Waals surface area contributed by atoms with Crippen molar-refractivity contribution in [3.8, 4) is 5.75 Å². The number of likely N-dealkylation sites (tertiary alicyclic amines) is 1. The van der Waals surface area contributed by atoms with Crippen LogP contribution in [0.4, 0.5) is 0 Å². The standard InChI is InChI=1S/C15H23NO2/c1-11-8-16(9-12(2)15(11)17)10-13-4-6-14(18-3)7-5-13/h4-7,11-12,15,17H,8-10H2,1-3H3. The summed E-state index contributed by atoms with van der Waals surface area (Å²) >= 11 is 0. The lowest BCUT2D eigenvalue weighted by molar-refractivity contribution is -0.0107. The molecule has 1 aliphatic rings. The van der Waals surface area contributed by atoms with Gasteiger partial charge in [-0.2, -0.15) is 0 Å². The zero-order valence-corrected chi connectivity index (χ0v) is 11.5. The normalized spacial score (nSPS) is 29.2. The molecule has 0 spiro atoms. The molecular weight excluding hydrogens is 226 g/mol. The van der Waals surface area contributed by atoms with Crippen molar-refractivity contribution in [1.82, 2.24) is 4.90 Å². The first-order chi connectivity index (χ1) is 8.60. The third kappa shape index (κ3) is 3.03. The second-order valence-corrected chi connectivity index (χ2v) is 5.49. The molecule has 1 aromatic rings. The molecule has 2 rings (SSSR count). The van der Waals surface area contributed by atoms with Crippen molar-refractivity contribution in [2.24, 2.45) is 11.8 Å². The molecule has 1 N–H and O–H groups in total. The fourth-order valence-corrected chi connectivity index (χ4v) is 2.78. The van der Waals surface area contributed by atoms with Gasteiger partial charge in [-0.1, -0.05) is 26.0 Å². The summed E-state index contributed by atoms with van der Waals surface area (Å²) in [6.07, 6.45) is -0.155. The van der Waals surface area contributed by atoms with Crippen LogP contribution in [0.25, 0.3) is 0 Å². The molecule has 0 aromatic heterocycles. The molecule has 1 aliphatic heterocycles. The summed E-state index contributed by atoms with van der Waals surface area (Å²) in [4.78, 5) is 2.42. The van der Waals surface area contributed by atoms with Gasteiger partial charge < -0.3 is 9.84 Å². The number of ether oxygens (including phenoxy) is 1. The Morgan fingerprint density at radius 2 is 1.72 bits per heavy atom. The number of benzene rings is 1. The van der Waals surface area contributed by atoms with Gasteiger partial charge in [-0.3, -0.25) is 4.90 Å². The molecule has 100 valence electrons. The van der Waals surface area contributed by atoms with Crippen LogP contribution in [0.15, 0.2) is 24.3 Å². The summed E-state index contributed by atoms with van der Waals surface area (Å²) in [5, 5.41) is 9.96. The van der Waals surface area contributed by atoms with Crippen LogP contribution in [0.2, 0.25) is 0 Å². The van der Waals surface area contributed by atoms with E-state index in [9.17, 15) is 5.11 Å². The Labute approximate surface area is 109 Å². The van der Waals surface area contributed by atoms with E-state index >= 15 is 0 Å². The number of nitrogens with zero attached hydrogens (tertiary/aromatic N) is 1. The average molecular weight is 249 g/mol. The van der Waals surface area contributed by atoms with Crippen molar-refractivity contribution >= 4 is 0 Å². The minimum Gasteiger partial charge on any atom is -0.497 e. The van der Waals surface area contributed by atoms with Crippen LogP contribution in [0.3, 0.4) is 0 Å². The van der Waals surface area contributed by atoms with Crippen molar-refractivity contribution in [2.45, 2.75) is 26.5 Å².